The molecular formula is C59H76O33. The molecule has 0 spiro atoms. The Balaban J connectivity index is 1.14. The zero-order chi connectivity index (χ0) is 67.4. The van der Waals surface area contributed by atoms with Gasteiger partial charge in [0.2, 0.25) is 18.9 Å². The lowest BCUT2D eigenvalue weighted by Crippen LogP contribution is -2.60. The largest absolute Gasteiger partial charge is 0.468 e. The van der Waals surface area contributed by atoms with Gasteiger partial charge in [-0.25, -0.2) is 14.4 Å². The minimum absolute atomic E-state index is 0.0388. The highest BCUT2D eigenvalue weighted by atomic mass is 16.8. The number of aliphatic hydroxyl groups is 12. The Morgan fingerprint density at radius 2 is 0.772 bits per heavy atom. The van der Waals surface area contributed by atoms with Crippen molar-refractivity contribution >= 4 is 35.8 Å². The summed E-state index contributed by atoms with van der Waals surface area (Å²) in [7, 11) is 3.18. The van der Waals surface area contributed by atoms with E-state index < -0.39 is 222 Å². The summed E-state index contributed by atoms with van der Waals surface area (Å²) in [4.78, 5) is 81.9. The molecule has 7 rings (SSSR count). The van der Waals surface area contributed by atoms with Crippen molar-refractivity contribution in [3.8, 4) is 11.5 Å². The minimum Gasteiger partial charge on any atom is -0.468 e. The molecule has 0 radical (unpaired) electrons. The Morgan fingerprint density at radius 1 is 0.446 bits per heavy atom. The Morgan fingerprint density at radius 3 is 1.09 bits per heavy atom. The average Bonchev–Trinajstić information content (AvgIpc) is 0.823. The van der Waals surface area contributed by atoms with Gasteiger partial charge in [0.25, 0.3) is 0 Å². The Kier molecular flexibility index (Phi) is 25.9. The van der Waals surface area contributed by atoms with E-state index >= 15 is 0 Å². The smallest absolute Gasteiger partial charge is 0.337 e. The first-order chi connectivity index (χ1) is 43.9. The summed E-state index contributed by atoms with van der Waals surface area (Å²) in [6.07, 6.45) is -25.4. The second-order valence-electron chi connectivity index (χ2n) is 21.4. The second-order valence-corrected chi connectivity index (χ2v) is 21.4. The number of aliphatic hydroxyl groups excluding tert-OH is 12. The number of carbonyl (C=O) groups excluding carboxylic acids is 6. The maximum absolute atomic E-state index is 14.4. The molecule has 33 nitrogen and oxygen atoms in total. The number of hydrogen-bond donors (Lipinski definition) is 12. The van der Waals surface area contributed by atoms with Crippen LogP contribution in [0.15, 0.2) is 88.7 Å². The molecular weight excluding hydrogens is 1240 g/mol. The molecule has 0 aliphatic carbocycles. The van der Waals surface area contributed by atoms with Crippen LogP contribution in [0.25, 0.3) is 0 Å². The van der Waals surface area contributed by atoms with Gasteiger partial charge >= 0.3 is 35.8 Å². The fourth-order valence-electron chi connectivity index (χ4n) is 10.8. The lowest BCUT2D eigenvalue weighted by Gasteiger charge is -2.42. The number of ether oxygens (including phenoxy) is 15. The van der Waals surface area contributed by atoms with E-state index in [1.165, 1.54) is 57.2 Å². The monoisotopic (exact) mass is 1310 g/mol. The molecule has 21 atom stereocenters. The van der Waals surface area contributed by atoms with Crippen LogP contribution < -0.4 is 9.47 Å². The molecule has 6 heterocycles. The molecule has 1 aromatic carbocycles. The summed E-state index contributed by atoms with van der Waals surface area (Å²) in [5, 5.41) is 124. The summed E-state index contributed by atoms with van der Waals surface area (Å²) in [6.45, 7) is 1.72. The van der Waals surface area contributed by atoms with Gasteiger partial charge in [0.15, 0.2) is 30.4 Å². The number of hydrogen-bond acceptors (Lipinski definition) is 33. The molecule has 12 N–H and O–H groups in total. The van der Waals surface area contributed by atoms with Gasteiger partial charge in [0, 0.05) is 40.9 Å². The topological polar surface area (TPSA) is 484 Å². The van der Waals surface area contributed by atoms with Gasteiger partial charge in [0.1, 0.15) is 73.2 Å². The van der Waals surface area contributed by atoms with Crippen molar-refractivity contribution in [2.45, 2.75) is 157 Å². The van der Waals surface area contributed by atoms with Crippen molar-refractivity contribution in [1.82, 2.24) is 0 Å². The molecule has 3 saturated heterocycles. The number of rotatable bonds is 23. The Hall–Kier alpha value is -6.84. The third-order valence-electron chi connectivity index (χ3n) is 15.9. The predicted molar refractivity (Wildman–Crippen MR) is 297 cm³/mol. The van der Waals surface area contributed by atoms with Crippen LogP contribution >= 0.6 is 0 Å². The van der Waals surface area contributed by atoms with Gasteiger partial charge < -0.3 is 132 Å². The highest BCUT2D eigenvalue weighted by Crippen LogP contribution is 2.41. The van der Waals surface area contributed by atoms with Crippen molar-refractivity contribution in [3.63, 3.8) is 0 Å². The molecule has 6 aliphatic heterocycles. The number of esters is 6. The molecule has 0 aromatic heterocycles. The van der Waals surface area contributed by atoms with Gasteiger partial charge in [-0.1, -0.05) is 24.3 Å². The summed E-state index contributed by atoms with van der Waals surface area (Å²) in [5.74, 6) is -10.6. The Labute approximate surface area is 524 Å². The van der Waals surface area contributed by atoms with Crippen LogP contribution in [0.1, 0.15) is 45.6 Å². The highest BCUT2D eigenvalue weighted by Gasteiger charge is 2.51. The normalized spacial score (nSPS) is 35.2. The van der Waals surface area contributed by atoms with Crippen molar-refractivity contribution < 1.29 is 161 Å². The molecule has 0 amide bonds. The first kappa shape index (κ1) is 72.6. The number of carbonyl (C=O) groups is 6. The zero-order valence-electron chi connectivity index (χ0n) is 50.4. The van der Waals surface area contributed by atoms with Crippen LogP contribution in [0.3, 0.4) is 0 Å². The molecule has 6 aliphatic rings. The molecule has 33 heteroatoms. The fourth-order valence-corrected chi connectivity index (χ4v) is 10.8. The third kappa shape index (κ3) is 16.4. The summed E-state index contributed by atoms with van der Waals surface area (Å²) in [6, 6.07) is 3.84. The first-order valence-electron chi connectivity index (χ1n) is 28.8. The molecule has 1 aromatic rings. The molecule has 510 valence electrons. The van der Waals surface area contributed by atoms with Gasteiger partial charge in [-0.05, 0) is 38.5 Å². The number of allylic oxidation sites excluding steroid dienone is 3. The molecule has 0 bridgehead atoms. The lowest BCUT2D eigenvalue weighted by atomic mass is 9.86. The maximum atomic E-state index is 14.4. The Bertz CT molecular complexity index is 2970. The number of benzene rings is 1. The van der Waals surface area contributed by atoms with Crippen molar-refractivity contribution in [2.75, 3.05) is 47.8 Å². The van der Waals surface area contributed by atoms with Gasteiger partial charge in [-0.2, -0.15) is 0 Å². The van der Waals surface area contributed by atoms with E-state index in [-0.39, 0.29) is 45.4 Å². The zero-order valence-corrected chi connectivity index (χ0v) is 50.4. The van der Waals surface area contributed by atoms with E-state index in [1.807, 2.05) is 0 Å². The van der Waals surface area contributed by atoms with Gasteiger partial charge in [-0.3, -0.25) is 14.4 Å². The SMILES string of the molecule is CC=C1C(OC2OC(CO)C(O)C(O)C2O)OC=C(C(=O)OC)C1CC(=O)OCCc1ccc(OC(=O)CC2C(C(=O)OC)=COC(OC3OC(CO)C(O)C(O)C3O)C2=CC)c(OC(=O)CC2C(C(=O)OC)=COC(OC3OC(CO)C(O)C(O)C3O)C2=CC)c1. The third-order valence-corrected chi connectivity index (χ3v) is 15.9. The lowest BCUT2D eigenvalue weighted by molar-refractivity contribution is -0.327. The standard InChI is InChI=1S/C59H76O33/c1-7-25-28(31(51(75)78-4)21-82-54(25)90-57-48(72)45(69)42(66)36(18-60)87-57)15-39(63)81-13-12-24-10-11-34(85-40(64)16-29-26(8-2)55(83-22-32(29)52(76)79-5)91-58-49(73)46(70)43(67)37(19-61)88-58)35(14-24)86-41(65)17-30-27(9-3)56(84-23-33(30)53(77)80-6)92-59-50(74)47(71)44(68)38(20-62)89-59/h7-11,14,21-23,28-30,36-38,42-50,54-62,66-74H,12-13,15-20H2,1-6H3. The molecule has 3 fully saturated rings. The minimum atomic E-state index is -1.90. The van der Waals surface area contributed by atoms with Crippen LogP contribution in [0, 0.1) is 17.8 Å². The first-order valence-corrected chi connectivity index (χ1v) is 28.8. The van der Waals surface area contributed by atoms with Crippen LogP contribution in [0.4, 0.5) is 0 Å². The van der Waals surface area contributed by atoms with Gasteiger partial charge in [0.05, 0.1) is 103 Å². The summed E-state index contributed by atoms with van der Waals surface area (Å²) < 4.78 is 83.3. The maximum Gasteiger partial charge on any atom is 0.337 e. The average molecular weight is 1310 g/mol. The highest BCUT2D eigenvalue weighted by molar-refractivity contribution is 5.92. The second kappa shape index (κ2) is 32.8. The molecule has 0 saturated carbocycles. The van der Waals surface area contributed by atoms with Crippen LogP contribution in [-0.2, 0) is 96.8 Å². The number of methoxy groups -OCH3 is 3. The summed E-state index contributed by atoms with van der Waals surface area (Å²) in [5.41, 5.74) is -0.164. The van der Waals surface area contributed by atoms with Crippen molar-refractivity contribution in [3.05, 3.63) is 94.2 Å². The van der Waals surface area contributed by atoms with Crippen LogP contribution in [0.5, 0.6) is 11.5 Å². The quantitative estimate of drug-likeness (QED) is 0.0216. The van der Waals surface area contributed by atoms with Crippen LogP contribution in [-0.4, -0.2) is 256 Å². The van der Waals surface area contributed by atoms with E-state index in [2.05, 4.69) is 0 Å². The van der Waals surface area contributed by atoms with Crippen molar-refractivity contribution in [1.29, 1.82) is 0 Å². The summed E-state index contributed by atoms with van der Waals surface area (Å²) >= 11 is 0. The van der Waals surface area contributed by atoms with Crippen molar-refractivity contribution in [2.24, 2.45) is 17.8 Å². The predicted octanol–water partition coefficient (Wildman–Crippen LogP) is -3.87. The van der Waals surface area contributed by atoms with E-state index in [4.69, 9.17) is 71.1 Å². The fraction of sp³-hybridized carbons (Fsp3) is 0.593. The van der Waals surface area contributed by atoms with E-state index in [9.17, 15) is 90.0 Å². The molecule has 21 unspecified atom stereocenters. The van der Waals surface area contributed by atoms with Gasteiger partial charge in [-0.15, -0.1) is 0 Å². The van der Waals surface area contributed by atoms with E-state index in [1.54, 1.807) is 0 Å². The van der Waals surface area contributed by atoms with Crippen LogP contribution in [0.2, 0.25) is 0 Å². The van der Waals surface area contributed by atoms with E-state index in [0.717, 1.165) is 40.1 Å². The molecule has 92 heavy (non-hydrogen) atoms. The van der Waals surface area contributed by atoms with E-state index in [0.29, 0.717) is 0 Å².